The lowest BCUT2D eigenvalue weighted by molar-refractivity contribution is -0.135. The molecule has 3 rings (SSSR count). The lowest BCUT2D eigenvalue weighted by Crippen LogP contribution is -2.35. The summed E-state index contributed by atoms with van der Waals surface area (Å²) in [5.41, 5.74) is 1.00. The van der Waals surface area contributed by atoms with Gasteiger partial charge in [0.2, 0.25) is 17.7 Å². The number of aromatic nitrogens is 2. The average molecular weight is 358 g/mol. The lowest BCUT2D eigenvalue weighted by atomic mass is 9.95. The first-order valence-corrected chi connectivity index (χ1v) is 8.49. The first kappa shape index (κ1) is 18.1. The number of hydrogen-bond donors (Lipinski definition) is 1. The molecular formula is C18H22N4O4. The molecule has 1 aromatic carbocycles. The van der Waals surface area contributed by atoms with Crippen LogP contribution < -0.4 is 5.32 Å². The van der Waals surface area contributed by atoms with E-state index in [1.165, 1.54) is 0 Å². The first-order valence-electron chi connectivity index (χ1n) is 8.49. The van der Waals surface area contributed by atoms with Gasteiger partial charge in [0.1, 0.15) is 6.61 Å². The number of benzene rings is 1. The number of likely N-dealkylation sites (tertiary alicyclic amines) is 1. The summed E-state index contributed by atoms with van der Waals surface area (Å²) in [6.07, 6.45) is 0. The topological polar surface area (TPSA) is 97.6 Å². The maximum Gasteiger partial charge on any atom is 0.248 e. The quantitative estimate of drug-likeness (QED) is 0.823. The Bertz CT molecular complexity index is 762. The first-order chi connectivity index (χ1) is 12.6. The van der Waals surface area contributed by atoms with Gasteiger partial charge in [-0.2, -0.15) is 4.98 Å². The highest BCUT2D eigenvalue weighted by Crippen LogP contribution is 2.32. The molecule has 1 saturated heterocycles. The van der Waals surface area contributed by atoms with Gasteiger partial charge in [0.15, 0.2) is 5.82 Å². The van der Waals surface area contributed by atoms with Crippen LogP contribution in [0.5, 0.6) is 0 Å². The summed E-state index contributed by atoms with van der Waals surface area (Å²) in [6.45, 7) is 2.71. The van der Waals surface area contributed by atoms with Gasteiger partial charge in [-0.3, -0.25) is 9.59 Å². The zero-order valence-electron chi connectivity index (χ0n) is 14.8. The standard InChI is InChI=1S/C18H22N4O4/c1-12-20-18(26-21-12)15-9-22(8-14(15)17(24)19-2)16(23)11-25-10-13-6-4-3-5-7-13/h3-7,14-15H,8-11H2,1-2H3,(H,19,24). The van der Waals surface area contributed by atoms with Crippen LogP contribution in [0.4, 0.5) is 0 Å². The number of rotatable bonds is 6. The van der Waals surface area contributed by atoms with Crippen molar-refractivity contribution in [1.29, 1.82) is 0 Å². The van der Waals surface area contributed by atoms with Crippen molar-refractivity contribution in [3.8, 4) is 0 Å². The number of amides is 2. The van der Waals surface area contributed by atoms with Gasteiger partial charge >= 0.3 is 0 Å². The molecule has 26 heavy (non-hydrogen) atoms. The number of hydrogen-bond acceptors (Lipinski definition) is 6. The normalized spacial score (nSPS) is 19.5. The van der Waals surface area contributed by atoms with E-state index in [1.807, 2.05) is 30.3 Å². The molecule has 2 heterocycles. The molecule has 2 aromatic rings. The van der Waals surface area contributed by atoms with Crippen LogP contribution in [0.1, 0.15) is 23.2 Å². The van der Waals surface area contributed by atoms with Crippen molar-refractivity contribution in [2.24, 2.45) is 5.92 Å². The molecule has 0 saturated carbocycles. The van der Waals surface area contributed by atoms with E-state index < -0.39 is 5.92 Å². The van der Waals surface area contributed by atoms with Crippen molar-refractivity contribution in [1.82, 2.24) is 20.4 Å². The van der Waals surface area contributed by atoms with Gasteiger partial charge in [-0.15, -0.1) is 0 Å². The molecule has 0 spiro atoms. The van der Waals surface area contributed by atoms with Crippen molar-refractivity contribution >= 4 is 11.8 Å². The summed E-state index contributed by atoms with van der Waals surface area (Å²) >= 11 is 0. The molecule has 0 aliphatic carbocycles. The Labute approximate surface area is 151 Å². The highest BCUT2D eigenvalue weighted by Gasteiger charge is 2.42. The number of carbonyl (C=O) groups excluding carboxylic acids is 2. The maximum atomic E-state index is 12.5. The number of nitrogens with zero attached hydrogens (tertiary/aromatic N) is 3. The highest BCUT2D eigenvalue weighted by molar-refractivity contribution is 5.83. The van der Waals surface area contributed by atoms with E-state index in [0.29, 0.717) is 31.4 Å². The van der Waals surface area contributed by atoms with Crippen LogP contribution in [0.3, 0.4) is 0 Å². The summed E-state index contributed by atoms with van der Waals surface area (Å²) in [7, 11) is 1.58. The summed E-state index contributed by atoms with van der Waals surface area (Å²) < 4.78 is 10.7. The van der Waals surface area contributed by atoms with Crippen LogP contribution in [-0.2, 0) is 20.9 Å². The van der Waals surface area contributed by atoms with Gasteiger partial charge in [0.25, 0.3) is 0 Å². The molecule has 0 radical (unpaired) electrons. The van der Waals surface area contributed by atoms with E-state index in [-0.39, 0.29) is 24.3 Å². The van der Waals surface area contributed by atoms with E-state index >= 15 is 0 Å². The fourth-order valence-corrected chi connectivity index (χ4v) is 3.09. The molecule has 138 valence electrons. The molecule has 1 aliphatic heterocycles. The van der Waals surface area contributed by atoms with E-state index in [9.17, 15) is 9.59 Å². The highest BCUT2D eigenvalue weighted by atomic mass is 16.5. The van der Waals surface area contributed by atoms with Crippen LogP contribution >= 0.6 is 0 Å². The van der Waals surface area contributed by atoms with E-state index in [1.54, 1.807) is 18.9 Å². The average Bonchev–Trinajstić information content (AvgIpc) is 3.28. The predicted molar refractivity (Wildman–Crippen MR) is 92.0 cm³/mol. The fraction of sp³-hybridized carbons (Fsp3) is 0.444. The fourth-order valence-electron chi connectivity index (χ4n) is 3.09. The second-order valence-corrected chi connectivity index (χ2v) is 6.28. The monoisotopic (exact) mass is 358 g/mol. The van der Waals surface area contributed by atoms with Crippen molar-refractivity contribution in [2.75, 3.05) is 26.7 Å². The minimum atomic E-state index is -0.419. The number of aryl methyl sites for hydroxylation is 1. The molecule has 1 aliphatic rings. The Hall–Kier alpha value is -2.74. The van der Waals surface area contributed by atoms with Crippen LogP contribution in [0.15, 0.2) is 34.9 Å². The van der Waals surface area contributed by atoms with Crippen molar-refractivity contribution in [3.05, 3.63) is 47.6 Å². The number of nitrogens with one attached hydrogen (secondary N) is 1. The summed E-state index contributed by atoms with van der Waals surface area (Å²) in [4.78, 5) is 30.5. The maximum absolute atomic E-state index is 12.5. The predicted octanol–water partition coefficient (Wildman–Crippen LogP) is 0.883. The Kier molecular flexibility index (Phi) is 5.62. The third-order valence-electron chi connectivity index (χ3n) is 4.45. The SMILES string of the molecule is CNC(=O)C1CN(C(=O)COCc2ccccc2)CC1c1nc(C)no1. The Balaban J connectivity index is 1.61. The number of ether oxygens (including phenoxy) is 1. The van der Waals surface area contributed by atoms with Crippen LogP contribution in [0, 0.1) is 12.8 Å². The van der Waals surface area contributed by atoms with Crippen molar-refractivity contribution in [3.63, 3.8) is 0 Å². The van der Waals surface area contributed by atoms with Gasteiger partial charge in [-0.05, 0) is 12.5 Å². The summed E-state index contributed by atoms with van der Waals surface area (Å²) in [6, 6.07) is 9.65. The zero-order valence-corrected chi connectivity index (χ0v) is 14.8. The zero-order chi connectivity index (χ0) is 18.5. The van der Waals surface area contributed by atoms with Gasteiger partial charge in [-0.25, -0.2) is 0 Å². The lowest BCUT2D eigenvalue weighted by Gasteiger charge is -2.16. The second-order valence-electron chi connectivity index (χ2n) is 6.28. The van der Waals surface area contributed by atoms with Crippen molar-refractivity contribution in [2.45, 2.75) is 19.4 Å². The molecule has 2 atom stereocenters. The minimum Gasteiger partial charge on any atom is -0.367 e. The van der Waals surface area contributed by atoms with Crippen LogP contribution in [-0.4, -0.2) is 53.6 Å². The van der Waals surface area contributed by atoms with Gasteiger partial charge in [-0.1, -0.05) is 35.5 Å². The van der Waals surface area contributed by atoms with E-state index in [2.05, 4.69) is 15.5 Å². The molecule has 1 aromatic heterocycles. The second kappa shape index (κ2) is 8.09. The van der Waals surface area contributed by atoms with Crippen LogP contribution in [0.25, 0.3) is 0 Å². The van der Waals surface area contributed by atoms with Gasteiger partial charge in [0, 0.05) is 20.1 Å². The molecule has 1 N–H and O–H groups in total. The van der Waals surface area contributed by atoms with E-state index in [0.717, 1.165) is 5.56 Å². The van der Waals surface area contributed by atoms with E-state index in [4.69, 9.17) is 9.26 Å². The van der Waals surface area contributed by atoms with Gasteiger partial charge < -0.3 is 19.5 Å². The third kappa shape index (κ3) is 4.08. The third-order valence-corrected chi connectivity index (χ3v) is 4.45. The molecular weight excluding hydrogens is 336 g/mol. The molecule has 8 nitrogen and oxygen atoms in total. The molecule has 2 unspecified atom stereocenters. The summed E-state index contributed by atoms with van der Waals surface area (Å²) in [5.74, 6) is -0.143. The summed E-state index contributed by atoms with van der Waals surface area (Å²) in [5, 5.41) is 6.43. The Morgan fingerprint density at radius 2 is 2.08 bits per heavy atom. The smallest absolute Gasteiger partial charge is 0.248 e. The minimum absolute atomic E-state index is 0.0368. The molecule has 1 fully saturated rings. The Morgan fingerprint density at radius 3 is 2.73 bits per heavy atom. The van der Waals surface area contributed by atoms with Crippen LogP contribution in [0.2, 0.25) is 0 Å². The Morgan fingerprint density at radius 1 is 1.31 bits per heavy atom. The largest absolute Gasteiger partial charge is 0.367 e. The molecule has 2 amide bonds. The molecule has 8 heteroatoms. The van der Waals surface area contributed by atoms with Gasteiger partial charge in [0.05, 0.1) is 18.4 Å². The van der Waals surface area contributed by atoms with Crippen molar-refractivity contribution < 1.29 is 18.8 Å². The number of carbonyl (C=O) groups is 2. The molecule has 0 bridgehead atoms.